The van der Waals surface area contributed by atoms with Gasteiger partial charge in [-0.1, -0.05) is 200 Å². The molecule has 61 heavy (non-hydrogen) atoms. The number of fused-ring (bicyclic) bond motifs is 7. The lowest BCUT2D eigenvalue weighted by Crippen LogP contribution is -2.19. The maximum atomic E-state index is 15.3. The smallest absolute Gasteiger partial charge is 0.263 e. The van der Waals surface area contributed by atoms with Crippen LogP contribution in [0.4, 0.5) is 0 Å². The lowest BCUT2D eigenvalue weighted by Gasteiger charge is -2.20. The lowest BCUT2D eigenvalue weighted by atomic mass is 9.85. The predicted molar refractivity (Wildman–Crippen MR) is 259 cm³/mol. The van der Waals surface area contributed by atoms with Gasteiger partial charge in [0.2, 0.25) is 0 Å². The van der Waals surface area contributed by atoms with Gasteiger partial charge < -0.3 is 0 Å². The van der Waals surface area contributed by atoms with Gasteiger partial charge in [0.1, 0.15) is 0 Å². The van der Waals surface area contributed by atoms with Gasteiger partial charge in [0.05, 0.1) is 5.52 Å². The second kappa shape index (κ2) is 14.0. The van der Waals surface area contributed by atoms with Gasteiger partial charge in [-0.25, -0.2) is 0 Å². The Balaban J connectivity index is 1.14. The van der Waals surface area contributed by atoms with Crippen molar-refractivity contribution in [3.8, 4) is 50.2 Å². The zero-order valence-electron chi connectivity index (χ0n) is 33.2. The normalized spacial score (nSPS) is 11.7. The lowest BCUT2D eigenvalue weighted by molar-refractivity contribution is 1.06. The van der Waals surface area contributed by atoms with E-state index in [1.807, 2.05) is 34.9 Å². The summed E-state index contributed by atoms with van der Waals surface area (Å²) in [6, 6.07) is 79.5. The van der Waals surface area contributed by atoms with E-state index in [1.165, 1.54) is 54.6 Å². The molecule has 0 aliphatic rings. The largest absolute Gasteiger partial charge is 0.276 e. The van der Waals surface area contributed by atoms with Crippen LogP contribution in [0.2, 0.25) is 0 Å². The zero-order valence-corrected chi connectivity index (χ0v) is 33.2. The Labute approximate surface area is 352 Å². The molecule has 1 aromatic heterocycles. The van der Waals surface area contributed by atoms with Crippen LogP contribution < -0.4 is 5.56 Å². The van der Waals surface area contributed by atoms with E-state index in [0.29, 0.717) is 5.39 Å². The van der Waals surface area contributed by atoms with Gasteiger partial charge in [-0.05, 0) is 117 Å². The van der Waals surface area contributed by atoms with Crippen LogP contribution in [0, 0.1) is 0 Å². The van der Waals surface area contributed by atoms with E-state index in [0.717, 1.165) is 55.0 Å². The minimum absolute atomic E-state index is 0.0450. The summed E-state index contributed by atoms with van der Waals surface area (Å²) in [6.45, 7) is 0. The first-order valence-electron chi connectivity index (χ1n) is 20.9. The fraction of sp³-hybridized carbons (Fsp3) is 0. The number of rotatable bonds is 5. The molecule has 0 unspecified atom stereocenters. The van der Waals surface area contributed by atoms with Crippen LogP contribution in [0.3, 0.4) is 0 Å². The number of nitrogens with zero attached hydrogens (tertiary/aromatic N) is 1. The van der Waals surface area contributed by atoms with Crippen molar-refractivity contribution >= 4 is 64.8 Å². The summed E-state index contributed by atoms with van der Waals surface area (Å²) >= 11 is 0. The third kappa shape index (κ3) is 5.46. The first kappa shape index (κ1) is 34.9. The third-order valence-electron chi connectivity index (χ3n) is 12.6. The number of para-hydroxylation sites is 1. The molecule has 0 amide bonds. The van der Waals surface area contributed by atoms with Crippen molar-refractivity contribution in [1.82, 2.24) is 4.57 Å². The number of benzene rings is 11. The first-order chi connectivity index (χ1) is 30.2. The maximum absolute atomic E-state index is 15.3. The van der Waals surface area contributed by atoms with E-state index in [1.54, 1.807) is 0 Å². The van der Waals surface area contributed by atoms with Gasteiger partial charge in [-0.2, -0.15) is 0 Å². The molecule has 0 saturated heterocycles. The van der Waals surface area contributed by atoms with Gasteiger partial charge in [-0.15, -0.1) is 0 Å². The fourth-order valence-electron chi connectivity index (χ4n) is 9.99. The highest BCUT2D eigenvalue weighted by Crippen LogP contribution is 2.46. The molecule has 0 N–H and O–H groups in total. The molecule has 12 aromatic rings. The predicted octanol–water partition coefficient (Wildman–Crippen LogP) is 15.4. The van der Waals surface area contributed by atoms with Gasteiger partial charge in [0, 0.05) is 16.5 Å². The topological polar surface area (TPSA) is 22.0 Å². The standard InChI is InChI=1S/C59H37NO/c61-59-53-36-40(57-49-28-14-10-24-45(49)55(38-18-4-1-5-19-38)46-25-11-15-29-50(46)57)32-34-43(53)44-35-33-41(37-54(44)60(59)42-22-8-3-9-23-42)58-51-30-16-12-26-47(51)56(39-20-6-2-7-21-39)48-27-13-17-31-52(48)58/h1-37H. The fourth-order valence-corrected chi connectivity index (χ4v) is 9.99. The third-order valence-corrected chi connectivity index (χ3v) is 12.6. The van der Waals surface area contributed by atoms with Crippen molar-refractivity contribution in [2.45, 2.75) is 0 Å². The molecular formula is C59H37NO. The van der Waals surface area contributed by atoms with Crippen LogP contribution >= 0.6 is 0 Å². The molecule has 0 spiro atoms. The Hall–Kier alpha value is -8.07. The van der Waals surface area contributed by atoms with Crippen LogP contribution in [0.5, 0.6) is 0 Å². The molecule has 0 saturated carbocycles. The van der Waals surface area contributed by atoms with Gasteiger partial charge in [-0.3, -0.25) is 9.36 Å². The Morgan fingerprint density at radius 3 is 0.984 bits per heavy atom. The van der Waals surface area contributed by atoms with Crippen molar-refractivity contribution in [3.05, 3.63) is 235 Å². The SMILES string of the molecule is O=c1c2cc(-c3c4ccccc4c(-c4ccccc4)c4ccccc34)ccc2c2ccc(-c3c4ccccc4c(-c4ccccc4)c4ccccc34)cc2n1-c1ccccc1. The summed E-state index contributed by atoms with van der Waals surface area (Å²) < 4.78 is 1.92. The molecule has 2 heteroatoms. The molecule has 1 heterocycles. The number of hydrogen-bond donors (Lipinski definition) is 0. The van der Waals surface area contributed by atoms with Crippen LogP contribution in [-0.2, 0) is 0 Å². The highest BCUT2D eigenvalue weighted by atomic mass is 16.1. The van der Waals surface area contributed by atoms with Gasteiger partial charge >= 0.3 is 0 Å². The Morgan fingerprint density at radius 1 is 0.246 bits per heavy atom. The Morgan fingerprint density at radius 2 is 0.574 bits per heavy atom. The zero-order chi connectivity index (χ0) is 40.4. The van der Waals surface area contributed by atoms with Crippen molar-refractivity contribution in [1.29, 1.82) is 0 Å². The summed E-state index contributed by atoms with van der Waals surface area (Å²) in [6.07, 6.45) is 0. The van der Waals surface area contributed by atoms with Crippen LogP contribution in [0.15, 0.2) is 229 Å². The number of aromatic nitrogens is 1. The molecule has 284 valence electrons. The second-order valence-electron chi connectivity index (χ2n) is 15.9. The van der Waals surface area contributed by atoms with Gasteiger partial charge in [0.15, 0.2) is 0 Å². The molecular weight excluding hydrogens is 739 g/mol. The summed E-state index contributed by atoms with van der Waals surface area (Å²) in [4.78, 5) is 15.3. The summed E-state index contributed by atoms with van der Waals surface area (Å²) in [5.74, 6) is 0. The van der Waals surface area contributed by atoms with Gasteiger partial charge in [0.25, 0.3) is 5.56 Å². The molecule has 0 bridgehead atoms. The summed E-state index contributed by atoms with van der Waals surface area (Å²) in [5.41, 5.74) is 10.9. The van der Waals surface area contributed by atoms with E-state index in [4.69, 9.17) is 0 Å². The molecule has 2 nitrogen and oxygen atoms in total. The van der Waals surface area contributed by atoms with Crippen LogP contribution in [0.1, 0.15) is 0 Å². The van der Waals surface area contributed by atoms with Crippen molar-refractivity contribution in [2.24, 2.45) is 0 Å². The van der Waals surface area contributed by atoms with E-state index >= 15 is 4.79 Å². The quantitative estimate of drug-likeness (QED) is 0.126. The Bertz CT molecular complexity index is 3640. The van der Waals surface area contributed by atoms with Crippen LogP contribution in [0.25, 0.3) is 115 Å². The molecule has 0 atom stereocenters. The highest BCUT2D eigenvalue weighted by Gasteiger charge is 2.21. The minimum Gasteiger partial charge on any atom is -0.276 e. The monoisotopic (exact) mass is 775 g/mol. The molecule has 11 aromatic carbocycles. The van der Waals surface area contributed by atoms with E-state index in [-0.39, 0.29) is 5.56 Å². The molecule has 0 fully saturated rings. The maximum Gasteiger partial charge on any atom is 0.263 e. The van der Waals surface area contributed by atoms with Crippen LogP contribution in [-0.4, -0.2) is 4.57 Å². The molecule has 0 aliphatic heterocycles. The Kier molecular flexibility index (Phi) is 8.04. The highest BCUT2D eigenvalue weighted by molar-refractivity contribution is 6.24. The van der Waals surface area contributed by atoms with Crippen molar-refractivity contribution in [3.63, 3.8) is 0 Å². The minimum atomic E-state index is -0.0450. The first-order valence-corrected chi connectivity index (χ1v) is 20.9. The molecule has 12 rings (SSSR count). The number of hydrogen-bond acceptors (Lipinski definition) is 1. The average Bonchev–Trinajstić information content (AvgIpc) is 3.33. The summed E-state index contributed by atoms with van der Waals surface area (Å²) in [7, 11) is 0. The van der Waals surface area contributed by atoms with E-state index < -0.39 is 0 Å². The van der Waals surface area contributed by atoms with Crippen molar-refractivity contribution in [2.75, 3.05) is 0 Å². The summed E-state index contributed by atoms with van der Waals surface area (Å²) in [5, 5.41) is 12.1. The second-order valence-corrected chi connectivity index (χ2v) is 15.9. The molecule has 0 aliphatic carbocycles. The van der Waals surface area contributed by atoms with E-state index in [9.17, 15) is 0 Å². The molecule has 0 radical (unpaired) electrons. The number of pyridine rings is 1. The van der Waals surface area contributed by atoms with Crippen molar-refractivity contribution < 1.29 is 0 Å². The average molecular weight is 776 g/mol. The van der Waals surface area contributed by atoms with E-state index in [2.05, 4.69) is 194 Å².